The van der Waals surface area contributed by atoms with Crippen molar-refractivity contribution >= 4 is 33.2 Å². The van der Waals surface area contributed by atoms with Gasteiger partial charge in [-0.1, -0.05) is 23.2 Å². The van der Waals surface area contributed by atoms with Gasteiger partial charge in [0.25, 0.3) is 0 Å². The Morgan fingerprint density at radius 3 is 2.05 bits per heavy atom. The van der Waals surface area contributed by atoms with Gasteiger partial charge in [-0.25, -0.2) is 8.42 Å². The molecular weight excluding hydrogens is 321 g/mol. The number of benzene rings is 1. The van der Waals surface area contributed by atoms with Crippen molar-refractivity contribution < 1.29 is 8.42 Å². The van der Waals surface area contributed by atoms with Crippen LogP contribution in [0.1, 0.15) is 12.8 Å². The third-order valence-electron chi connectivity index (χ3n) is 2.47. The van der Waals surface area contributed by atoms with Gasteiger partial charge in [-0.15, -0.1) is 0 Å². The normalized spacial score (nSPS) is 11.1. The SMILES string of the molecule is N#CCCN(CCC#N)S(=O)(=O)c1ccc(Cl)c(Cl)c1. The minimum absolute atomic E-state index is 0.0113. The van der Waals surface area contributed by atoms with Crippen molar-refractivity contribution in [3.63, 3.8) is 0 Å². The highest BCUT2D eigenvalue weighted by molar-refractivity contribution is 7.89. The topological polar surface area (TPSA) is 85.0 Å². The van der Waals surface area contributed by atoms with Crippen LogP contribution in [0.25, 0.3) is 0 Å². The summed E-state index contributed by atoms with van der Waals surface area (Å²) in [4.78, 5) is -0.0113. The van der Waals surface area contributed by atoms with E-state index in [4.69, 9.17) is 33.7 Å². The van der Waals surface area contributed by atoms with E-state index < -0.39 is 10.0 Å². The van der Waals surface area contributed by atoms with Gasteiger partial charge in [0.1, 0.15) is 0 Å². The molecule has 8 heteroatoms. The molecule has 0 aliphatic rings. The van der Waals surface area contributed by atoms with E-state index in [2.05, 4.69) is 0 Å². The Hall–Kier alpha value is -1.31. The molecule has 0 radical (unpaired) electrons. The molecule has 0 aliphatic heterocycles. The molecule has 0 bridgehead atoms. The Morgan fingerprint density at radius 2 is 1.60 bits per heavy atom. The smallest absolute Gasteiger partial charge is 0.207 e. The first kappa shape index (κ1) is 16.7. The number of nitriles is 2. The number of rotatable bonds is 6. The summed E-state index contributed by atoms with van der Waals surface area (Å²) in [5.41, 5.74) is 0. The molecule has 0 fully saturated rings. The van der Waals surface area contributed by atoms with Crippen LogP contribution < -0.4 is 0 Å². The molecule has 0 aromatic heterocycles. The zero-order valence-corrected chi connectivity index (χ0v) is 12.7. The van der Waals surface area contributed by atoms with Gasteiger partial charge in [0.15, 0.2) is 0 Å². The molecule has 0 amide bonds. The average molecular weight is 332 g/mol. The van der Waals surface area contributed by atoms with Gasteiger partial charge >= 0.3 is 0 Å². The lowest BCUT2D eigenvalue weighted by atomic mass is 10.4. The van der Waals surface area contributed by atoms with Gasteiger partial charge in [-0.3, -0.25) is 0 Å². The van der Waals surface area contributed by atoms with Gasteiger partial charge in [-0.2, -0.15) is 14.8 Å². The third kappa shape index (κ3) is 4.09. The van der Waals surface area contributed by atoms with E-state index in [1.165, 1.54) is 18.2 Å². The van der Waals surface area contributed by atoms with Gasteiger partial charge in [0.2, 0.25) is 10.0 Å². The zero-order chi connectivity index (χ0) is 15.2. The molecule has 1 rings (SSSR count). The van der Waals surface area contributed by atoms with Crippen molar-refractivity contribution in [2.24, 2.45) is 0 Å². The first-order chi connectivity index (χ1) is 9.43. The van der Waals surface area contributed by atoms with Gasteiger partial charge in [0.05, 0.1) is 27.1 Å². The van der Waals surface area contributed by atoms with E-state index in [0.717, 1.165) is 4.31 Å². The van der Waals surface area contributed by atoms with Crippen LogP contribution in [-0.4, -0.2) is 25.8 Å². The Bertz CT molecular complexity index is 644. The molecule has 0 aliphatic carbocycles. The molecule has 5 nitrogen and oxygen atoms in total. The van der Waals surface area contributed by atoms with Crippen LogP contribution in [-0.2, 0) is 10.0 Å². The predicted octanol–water partition coefficient (Wildman–Crippen LogP) is 2.81. The van der Waals surface area contributed by atoms with E-state index in [9.17, 15) is 8.42 Å². The molecule has 0 saturated carbocycles. The van der Waals surface area contributed by atoms with E-state index in [1.54, 1.807) is 0 Å². The third-order valence-corrected chi connectivity index (χ3v) is 5.11. The molecule has 0 unspecified atom stereocenters. The molecule has 0 saturated heterocycles. The molecule has 0 heterocycles. The van der Waals surface area contributed by atoms with Crippen LogP contribution in [0, 0.1) is 22.7 Å². The number of halogens is 2. The zero-order valence-electron chi connectivity index (χ0n) is 10.4. The number of hydrogen-bond acceptors (Lipinski definition) is 4. The maximum atomic E-state index is 12.4. The van der Waals surface area contributed by atoms with Crippen LogP contribution in [0.15, 0.2) is 23.1 Å². The van der Waals surface area contributed by atoms with E-state index in [0.29, 0.717) is 0 Å². The van der Waals surface area contributed by atoms with Crippen molar-refractivity contribution in [3.05, 3.63) is 28.2 Å². The van der Waals surface area contributed by atoms with Crippen molar-refractivity contribution in [3.8, 4) is 12.1 Å². The summed E-state index contributed by atoms with van der Waals surface area (Å²) in [6.07, 6.45) is 0.0952. The highest BCUT2D eigenvalue weighted by atomic mass is 35.5. The summed E-state index contributed by atoms with van der Waals surface area (Å²) < 4.78 is 25.9. The van der Waals surface area contributed by atoms with E-state index >= 15 is 0 Å². The summed E-state index contributed by atoms with van der Waals surface area (Å²) >= 11 is 11.6. The maximum Gasteiger partial charge on any atom is 0.243 e. The maximum absolute atomic E-state index is 12.4. The highest BCUT2D eigenvalue weighted by Gasteiger charge is 2.24. The molecule has 0 N–H and O–H groups in total. The van der Waals surface area contributed by atoms with Crippen molar-refractivity contribution in [2.45, 2.75) is 17.7 Å². The first-order valence-electron chi connectivity index (χ1n) is 5.62. The van der Waals surface area contributed by atoms with Crippen LogP contribution in [0.3, 0.4) is 0 Å². The van der Waals surface area contributed by atoms with Crippen LogP contribution in [0.4, 0.5) is 0 Å². The molecule has 106 valence electrons. The van der Waals surface area contributed by atoms with Crippen molar-refractivity contribution in [1.82, 2.24) is 4.31 Å². The van der Waals surface area contributed by atoms with Crippen LogP contribution in [0.2, 0.25) is 10.0 Å². The molecular formula is C12H11Cl2N3O2S. The fourth-order valence-corrected chi connectivity index (χ4v) is 3.32. The monoisotopic (exact) mass is 331 g/mol. The van der Waals surface area contributed by atoms with Gasteiger partial charge in [0, 0.05) is 25.9 Å². The molecule has 1 aromatic carbocycles. The van der Waals surface area contributed by atoms with E-state index in [-0.39, 0.29) is 40.9 Å². The second-order valence-corrected chi connectivity index (χ2v) is 6.55. The Balaban J connectivity index is 3.11. The fraction of sp³-hybridized carbons (Fsp3) is 0.333. The van der Waals surface area contributed by atoms with Crippen molar-refractivity contribution in [2.75, 3.05) is 13.1 Å². The standard InChI is InChI=1S/C12H11Cl2N3O2S/c13-11-4-3-10(9-12(11)14)20(18,19)17(7-1-5-15)8-2-6-16/h3-4,9H,1-2,7-8H2. The van der Waals surface area contributed by atoms with Gasteiger partial charge < -0.3 is 0 Å². The number of sulfonamides is 1. The summed E-state index contributed by atoms with van der Waals surface area (Å²) in [5, 5.41) is 17.6. The summed E-state index contributed by atoms with van der Waals surface area (Å²) in [7, 11) is -3.80. The Kier molecular flexibility index (Phi) is 6.25. The minimum atomic E-state index is -3.80. The first-order valence-corrected chi connectivity index (χ1v) is 7.82. The number of hydrogen-bond donors (Lipinski definition) is 0. The second-order valence-electron chi connectivity index (χ2n) is 3.80. The molecule has 0 spiro atoms. The summed E-state index contributed by atoms with van der Waals surface area (Å²) in [6, 6.07) is 7.75. The lowest BCUT2D eigenvalue weighted by molar-refractivity contribution is 0.425. The van der Waals surface area contributed by atoms with Crippen LogP contribution in [0.5, 0.6) is 0 Å². The Labute approximate surface area is 128 Å². The summed E-state index contributed by atoms with van der Waals surface area (Å²) in [5.74, 6) is 0. The molecule has 1 aromatic rings. The average Bonchev–Trinajstić information content (AvgIpc) is 2.41. The predicted molar refractivity (Wildman–Crippen MR) is 75.7 cm³/mol. The van der Waals surface area contributed by atoms with E-state index in [1.807, 2.05) is 12.1 Å². The van der Waals surface area contributed by atoms with Gasteiger partial charge in [-0.05, 0) is 18.2 Å². The quantitative estimate of drug-likeness (QED) is 0.802. The molecule has 0 atom stereocenters. The fourth-order valence-electron chi connectivity index (χ4n) is 1.49. The lowest BCUT2D eigenvalue weighted by Crippen LogP contribution is -2.32. The lowest BCUT2D eigenvalue weighted by Gasteiger charge is -2.20. The largest absolute Gasteiger partial charge is 0.243 e. The second kappa shape index (κ2) is 7.47. The molecule has 20 heavy (non-hydrogen) atoms. The van der Waals surface area contributed by atoms with Crippen LogP contribution >= 0.6 is 23.2 Å². The highest BCUT2D eigenvalue weighted by Crippen LogP contribution is 2.26. The Morgan fingerprint density at radius 1 is 1.05 bits per heavy atom. The summed E-state index contributed by atoms with van der Waals surface area (Å²) in [6.45, 7) is 0.0571. The van der Waals surface area contributed by atoms with Crippen molar-refractivity contribution in [1.29, 1.82) is 10.5 Å². The minimum Gasteiger partial charge on any atom is -0.207 e. The number of nitrogens with zero attached hydrogens (tertiary/aromatic N) is 3.